The van der Waals surface area contributed by atoms with Gasteiger partial charge in [0.25, 0.3) is 0 Å². The molecule has 0 radical (unpaired) electrons. The summed E-state index contributed by atoms with van der Waals surface area (Å²) in [6.07, 6.45) is 5.02. The number of aromatic nitrogens is 4. The molecule has 4 aromatic rings. The van der Waals surface area contributed by atoms with Gasteiger partial charge >= 0.3 is 0 Å². The number of halogens is 1. The zero-order valence-corrected chi connectivity index (χ0v) is 15.2. The second kappa shape index (κ2) is 7.06. The van der Waals surface area contributed by atoms with Gasteiger partial charge in [0.15, 0.2) is 5.65 Å². The van der Waals surface area contributed by atoms with Crippen LogP contribution in [0.3, 0.4) is 0 Å². The number of fused-ring (bicyclic) bond motifs is 1. The minimum absolute atomic E-state index is 0.0172. The summed E-state index contributed by atoms with van der Waals surface area (Å²) in [5, 5.41) is 13.3. The molecule has 1 aromatic carbocycles. The average Bonchev–Trinajstić information content (AvgIpc) is 3.14. The smallest absolute Gasteiger partial charge is 0.223 e. The van der Waals surface area contributed by atoms with Crippen molar-refractivity contribution in [3.63, 3.8) is 0 Å². The lowest BCUT2D eigenvalue weighted by atomic mass is 10.1. The van der Waals surface area contributed by atoms with Crippen LogP contribution in [0.1, 0.15) is 24.1 Å². The standard InChI is InChI=1S/C20H15ClN6/c1-13(14-6-3-2-4-7-14)25-20-24-11-15(10-22)18(26-20)17-12-23-19-16(21)8-5-9-27(17)19/h2-9,11-13H,1H3,(H,24,25,26)/t13-/m0/s1. The highest BCUT2D eigenvalue weighted by atomic mass is 35.5. The van der Waals surface area contributed by atoms with E-state index >= 15 is 0 Å². The molecule has 0 saturated heterocycles. The van der Waals surface area contributed by atoms with Gasteiger partial charge in [-0.05, 0) is 24.6 Å². The Morgan fingerprint density at radius 2 is 1.93 bits per heavy atom. The van der Waals surface area contributed by atoms with Crippen LogP contribution >= 0.6 is 11.6 Å². The molecule has 7 heteroatoms. The number of nitrogens with zero attached hydrogens (tertiary/aromatic N) is 5. The van der Waals surface area contributed by atoms with Gasteiger partial charge in [0.1, 0.15) is 11.8 Å². The second-order valence-corrected chi connectivity index (χ2v) is 6.44. The number of nitrogens with one attached hydrogen (secondary N) is 1. The molecule has 0 fully saturated rings. The van der Waals surface area contributed by atoms with E-state index in [4.69, 9.17) is 11.6 Å². The van der Waals surface area contributed by atoms with Gasteiger partial charge in [-0.1, -0.05) is 41.9 Å². The summed E-state index contributed by atoms with van der Waals surface area (Å²) in [5.41, 5.74) is 3.29. The second-order valence-electron chi connectivity index (χ2n) is 6.04. The van der Waals surface area contributed by atoms with Crippen molar-refractivity contribution in [2.45, 2.75) is 13.0 Å². The van der Waals surface area contributed by atoms with Gasteiger partial charge in [0.2, 0.25) is 5.95 Å². The van der Waals surface area contributed by atoms with Gasteiger partial charge < -0.3 is 5.32 Å². The number of imidazole rings is 1. The maximum Gasteiger partial charge on any atom is 0.223 e. The third-order valence-electron chi connectivity index (χ3n) is 4.29. The first-order valence-corrected chi connectivity index (χ1v) is 8.75. The topological polar surface area (TPSA) is 78.9 Å². The molecule has 0 amide bonds. The van der Waals surface area contributed by atoms with Gasteiger partial charge in [0.05, 0.1) is 34.7 Å². The fourth-order valence-electron chi connectivity index (χ4n) is 2.90. The average molecular weight is 375 g/mol. The molecule has 0 saturated carbocycles. The third kappa shape index (κ3) is 3.21. The van der Waals surface area contributed by atoms with Gasteiger partial charge in [-0.2, -0.15) is 5.26 Å². The van der Waals surface area contributed by atoms with Gasteiger partial charge in [-0.15, -0.1) is 0 Å². The molecule has 0 unspecified atom stereocenters. The van der Waals surface area contributed by atoms with E-state index in [2.05, 4.69) is 26.3 Å². The van der Waals surface area contributed by atoms with Crippen LogP contribution in [0.5, 0.6) is 0 Å². The Morgan fingerprint density at radius 3 is 2.70 bits per heavy atom. The van der Waals surface area contributed by atoms with E-state index in [1.165, 1.54) is 6.20 Å². The zero-order valence-electron chi connectivity index (χ0n) is 14.5. The first-order chi connectivity index (χ1) is 13.2. The van der Waals surface area contributed by atoms with E-state index in [1.54, 1.807) is 12.3 Å². The molecule has 0 aliphatic heterocycles. The van der Waals surface area contributed by atoms with E-state index in [1.807, 2.05) is 53.9 Å². The third-order valence-corrected chi connectivity index (χ3v) is 4.58. The predicted octanol–water partition coefficient (Wildman–Crippen LogP) is 4.49. The Morgan fingerprint density at radius 1 is 1.11 bits per heavy atom. The monoisotopic (exact) mass is 374 g/mol. The Kier molecular flexibility index (Phi) is 4.45. The molecule has 0 spiro atoms. The summed E-state index contributed by atoms with van der Waals surface area (Å²) in [5.74, 6) is 0.442. The van der Waals surface area contributed by atoms with E-state index in [9.17, 15) is 5.26 Å². The number of nitriles is 1. The summed E-state index contributed by atoms with van der Waals surface area (Å²) < 4.78 is 1.82. The number of anilines is 1. The van der Waals surface area contributed by atoms with Crippen molar-refractivity contribution in [3.05, 3.63) is 77.2 Å². The molecule has 3 aromatic heterocycles. The number of benzene rings is 1. The molecular weight excluding hydrogens is 360 g/mol. The van der Waals surface area contributed by atoms with Crippen molar-refractivity contribution in [1.29, 1.82) is 5.26 Å². The molecule has 0 bridgehead atoms. The minimum atomic E-state index is 0.0172. The Balaban J connectivity index is 1.75. The summed E-state index contributed by atoms with van der Waals surface area (Å²) in [4.78, 5) is 13.2. The normalized spacial score (nSPS) is 11.9. The number of hydrogen-bond acceptors (Lipinski definition) is 5. The number of pyridine rings is 1. The van der Waals surface area contributed by atoms with Crippen LogP contribution in [-0.2, 0) is 0 Å². The van der Waals surface area contributed by atoms with Crippen molar-refractivity contribution in [2.24, 2.45) is 0 Å². The lowest BCUT2D eigenvalue weighted by Crippen LogP contribution is -2.10. The van der Waals surface area contributed by atoms with Crippen molar-refractivity contribution < 1.29 is 0 Å². The molecule has 0 aliphatic rings. The van der Waals surface area contributed by atoms with E-state index in [0.29, 0.717) is 33.6 Å². The van der Waals surface area contributed by atoms with Crippen molar-refractivity contribution in [2.75, 3.05) is 5.32 Å². The first kappa shape index (κ1) is 17.0. The zero-order chi connectivity index (χ0) is 18.8. The fourth-order valence-corrected chi connectivity index (χ4v) is 3.11. The molecular formula is C20H15ClN6. The highest BCUT2D eigenvalue weighted by Gasteiger charge is 2.16. The maximum atomic E-state index is 9.49. The Hall–Kier alpha value is -3.43. The maximum absolute atomic E-state index is 9.49. The summed E-state index contributed by atoms with van der Waals surface area (Å²) in [6.45, 7) is 2.03. The molecule has 27 heavy (non-hydrogen) atoms. The summed E-state index contributed by atoms with van der Waals surface area (Å²) in [7, 11) is 0. The molecule has 1 atom stereocenters. The Bertz CT molecular complexity index is 1150. The van der Waals surface area contributed by atoms with Gasteiger partial charge in [-0.3, -0.25) is 4.40 Å². The van der Waals surface area contributed by atoms with Crippen molar-refractivity contribution >= 4 is 23.2 Å². The molecule has 0 aliphatic carbocycles. The number of rotatable bonds is 4. The highest BCUT2D eigenvalue weighted by Crippen LogP contribution is 2.26. The van der Waals surface area contributed by atoms with Crippen molar-refractivity contribution in [1.82, 2.24) is 19.4 Å². The van der Waals surface area contributed by atoms with Crippen molar-refractivity contribution in [3.8, 4) is 17.5 Å². The minimum Gasteiger partial charge on any atom is -0.348 e. The van der Waals surface area contributed by atoms with Crippen LogP contribution in [-0.4, -0.2) is 19.4 Å². The molecule has 1 N–H and O–H groups in total. The number of hydrogen-bond donors (Lipinski definition) is 1. The van der Waals surface area contributed by atoms with E-state index in [-0.39, 0.29) is 6.04 Å². The fraction of sp³-hybridized carbons (Fsp3) is 0.100. The van der Waals surface area contributed by atoms with Gasteiger partial charge in [0, 0.05) is 6.20 Å². The van der Waals surface area contributed by atoms with Crippen LogP contribution in [0.4, 0.5) is 5.95 Å². The van der Waals surface area contributed by atoms with E-state index in [0.717, 1.165) is 5.56 Å². The largest absolute Gasteiger partial charge is 0.348 e. The predicted molar refractivity (Wildman–Crippen MR) is 104 cm³/mol. The molecule has 3 heterocycles. The lowest BCUT2D eigenvalue weighted by Gasteiger charge is -2.15. The Labute approximate surface area is 161 Å². The molecule has 4 rings (SSSR count). The highest BCUT2D eigenvalue weighted by molar-refractivity contribution is 6.33. The van der Waals surface area contributed by atoms with E-state index < -0.39 is 0 Å². The van der Waals surface area contributed by atoms with Crippen LogP contribution in [0, 0.1) is 11.3 Å². The van der Waals surface area contributed by atoms with Crippen LogP contribution in [0.2, 0.25) is 5.02 Å². The molecule has 132 valence electrons. The van der Waals surface area contributed by atoms with Crippen LogP contribution in [0.15, 0.2) is 61.1 Å². The van der Waals surface area contributed by atoms with Gasteiger partial charge in [-0.25, -0.2) is 15.0 Å². The summed E-state index contributed by atoms with van der Waals surface area (Å²) >= 11 is 6.21. The van der Waals surface area contributed by atoms with Crippen LogP contribution < -0.4 is 5.32 Å². The first-order valence-electron chi connectivity index (χ1n) is 8.38. The quantitative estimate of drug-likeness (QED) is 0.569. The lowest BCUT2D eigenvalue weighted by molar-refractivity contribution is 0.860. The summed E-state index contributed by atoms with van der Waals surface area (Å²) in [6, 6.07) is 15.8. The molecule has 6 nitrogen and oxygen atoms in total. The van der Waals surface area contributed by atoms with Crippen LogP contribution in [0.25, 0.3) is 17.0 Å². The SMILES string of the molecule is C[C@H](Nc1ncc(C#N)c(-c2cnc3c(Cl)cccn23)n1)c1ccccc1.